The highest BCUT2D eigenvalue weighted by Crippen LogP contribution is 2.24. The van der Waals surface area contributed by atoms with Gasteiger partial charge in [-0.3, -0.25) is 9.59 Å². The SMILES string of the molecule is CC(NC(=O)CNC(=O)[C@@H](N)C(C)C)c1ccc(OC(F)(F)F)cc1. The van der Waals surface area contributed by atoms with E-state index in [0.717, 1.165) is 12.1 Å². The Bertz CT molecular complexity index is 589. The van der Waals surface area contributed by atoms with Gasteiger partial charge >= 0.3 is 6.36 Å². The smallest absolute Gasteiger partial charge is 0.406 e. The topological polar surface area (TPSA) is 93.5 Å². The van der Waals surface area contributed by atoms with Crippen molar-refractivity contribution < 1.29 is 27.5 Å². The molecular formula is C16H22F3N3O3. The maximum atomic E-state index is 12.1. The molecule has 6 nitrogen and oxygen atoms in total. The monoisotopic (exact) mass is 361 g/mol. The van der Waals surface area contributed by atoms with Crippen molar-refractivity contribution in [2.45, 2.75) is 39.2 Å². The minimum atomic E-state index is -4.75. The second-order valence-electron chi connectivity index (χ2n) is 5.89. The van der Waals surface area contributed by atoms with E-state index in [-0.39, 0.29) is 18.2 Å². The highest BCUT2D eigenvalue weighted by atomic mass is 19.4. The molecule has 0 bridgehead atoms. The minimum absolute atomic E-state index is 0.0561. The molecule has 25 heavy (non-hydrogen) atoms. The first kappa shape index (κ1) is 20.8. The third kappa shape index (κ3) is 7.42. The van der Waals surface area contributed by atoms with Crippen LogP contribution >= 0.6 is 0 Å². The molecule has 0 saturated carbocycles. The first-order valence-electron chi connectivity index (χ1n) is 7.68. The fraction of sp³-hybridized carbons (Fsp3) is 0.500. The van der Waals surface area contributed by atoms with E-state index in [4.69, 9.17) is 5.73 Å². The number of alkyl halides is 3. The molecule has 1 aromatic rings. The van der Waals surface area contributed by atoms with E-state index in [0.29, 0.717) is 5.56 Å². The Morgan fingerprint density at radius 1 is 1.16 bits per heavy atom. The molecule has 0 aromatic heterocycles. The van der Waals surface area contributed by atoms with E-state index in [9.17, 15) is 22.8 Å². The zero-order valence-electron chi connectivity index (χ0n) is 14.2. The van der Waals surface area contributed by atoms with Gasteiger partial charge in [-0.2, -0.15) is 0 Å². The Kier molecular flexibility index (Phi) is 7.22. The van der Waals surface area contributed by atoms with Crippen LogP contribution < -0.4 is 21.1 Å². The number of nitrogens with two attached hydrogens (primary N) is 1. The Hall–Kier alpha value is -2.29. The van der Waals surface area contributed by atoms with E-state index in [2.05, 4.69) is 15.4 Å². The van der Waals surface area contributed by atoms with Crippen LogP contribution in [0.3, 0.4) is 0 Å². The minimum Gasteiger partial charge on any atom is -0.406 e. The van der Waals surface area contributed by atoms with Gasteiger partial charge in [0, 0.05) is 0 Å². The fourth-order valence-corrected chi connectivity index (χ4v) is 1.92. The summed E-state index contributed by atoms with van der Waals surface area (Å²) in [6, 6.07) is 4.00. The van der Waals surface area contributed by atoms with Gasteiger partial charge < -0.3 is 21.1 Å². The molecule has 0 spiro atoms. The molecule has 1 unspecified atom stereocenters. The zero-order chi connectivity index (χ0) is 19.2. The average molecular weight is 361 g/mol. The van der Waals surface area contributed by atoms with Crippen molar-refractivity contribution in [2.75, 3.05) is 6.54 Å². The van der Waals surface area contributed by atoms with Gasteiger partial charge in [-0.15, -0.1) is 13.2 Å². The Morgan fingerprint density at radius 2 is 1.72 bits per heavy atom. The Balaban J connectivity index is 2.51. The van der Waals surface area contributed by atoms with Crippen molar-refractivity contribution in [1.82, 2.24) is 10.6 Å². The predicted octanol–water partition coefficient (Wildman–Crippen LogP) is 1.86. The van der Waals surface area contributed by atoms with Crippen LogP contribution in [-0.4, -0.2) is 30.8 Å². The number of hydrogen-bond donors (Lipinski definition) is 3. The van der Waals surface area contributed by atoms with Gasteiger partial charge in [-0.1, -0.05) is 26.0 Å². The third-order valence-electron chi connectivity index (χ3n) is 3.44. The zero-order valence-corrected chi connectivity index (χ0v) is 14.2. The van der Waals surface area contributed by atoms with Crippen molar-refractivity contribution in [3.05, 3.63) is 29.8 Å². The molecule has 0 aliphatic rings. The highest BCUT2D eigenvalue weighted by Gasteiger charge is 2.31. The summed E-state index contributed by atoms with van der Waals surface area (Å²) in [5.41, 5.74) is 6.25. The van der Waals surface area contributed by atoms with E-state index in [1.165, 1.54) is 12.1 Å². The van der Waals surface area contributed by atoms with Crippen molar-refractivity contribution in [3.8, 4) is 5.75 Å². The summed E-state index contributed by atoms with van der Waals surface area (Å²) in [7, 11) is 0. The van der Waals surface area contributed by atoms with Crippen molar-refractivity contribution in [3.63, 3.8) is 0 Å². The lowest BCUT2D eigenvalue weighted by atomic mass is 10.1. The molecule has 0 aliphatic heterocycles. The van der Waals surface area contributed by atoms with E-state index >= 15 is 0 Å². The average Bonchev–Trinajstić information content (AvgIpc) is 2.50. The summed E-state index contributed by atoms with van der Waals surface area (Å²) in [5.74, 6) is -1.26. The summed E-state index contributed by atoms with van der Waals surface area (Å²) in [4.78, 5) is 23.5. The number of halogens is 3. The van der Waals surface area contributed by atoms with Crippen LogP contribution in [0.25, 0.3) is 0 Å². The molecule has 2 amide bonds. The van der Waals surface area contributed by atoms with Crippen LogP contribution in [-0.2, 0) is 9.59 Å². The van der Waals surface area contributed by atoms with Crippen LogP contribution in [0.15, 0.2) is 24.3 Å². The molecule has 0 aliphatic carbocycles. The number of nitrogens with one attached hydrogen (secondary N) is 2. The lowest BCUT2D eigenvalue weighted by Crippen LogP contribution is -2.47. The number of amides is 2. The van der Waals surface area contributed by atoms with Crippen LogP contribution in [0.1, 0.15) is 32.4 Å². The molecule has 1 aromatic carbocycles. The van der Waals surface area contributed by atoms with Gasteiger partial charge in [0.25, 0.3) is 0 Å². The van der Waals surface area contributed by atoms with Gasteiger partial charge in [0.2, 0.25) is 11.8 Å². The lowest BCUT2D eigenvalue weighted by molar-refractivity contribution is -0.274. The first-order valence-corrected chi connectivity index (χ1v) is 7.68. The Labute approximate surface area is 143 Å². The molecule has 1 rings (SSSR count). The molecule has 140 valence electrons. The fourth-order valence-electron chi connectivity index (χ4n) is 1.92. The maximum absolute atomic E-state index is 12.1. The normalized spacial score (nSPS) is 13.9. The van der Waals surface area contributed by atoms with Crippen LogP contribution in [0, 0.1) is 5.92 Å². The first-order chi connectivity index (χ1) is 11.5. The summed E-state index contributed by atoms with van der Waals surface area (Å²) in [6.07, 6.45) is -4.75. The standard InChI is InChI=1S/C16H22F3N3O3/c1-9(2)14(20)15(24)21-8-13(23)22-10(3)11-4-6-12(7-5-11)25-16(17,18)19/h4-7,9-10,14H,8,20H2,1-3H3,(H,21,24)(H,22,23)/t10?,14-/m0/s1. The quantitative estimate of drug-likeness (QED) is 0.691. The maximum Gasteiger partial charge on any atom is 0.573 e. The van der Waals surface area contributed by atoms with E-state index in [1.807, 2.05) is 0 Å². The van der Waals surface area contributed by atoms with Gasteiger partial charge in [0.15, 0.2) is 0 Å². The molecule has 0 heterocycles. The van der Waals surface area contributed by atoms with Crippen LogP contribution in [0.4, 0.5) is 13.2 Å². The van der Waals surface area contributed by atoms with Crippen molar-refractivity contribution >= 4 is 11.8 Å². The summed E-state index contributed by atoms with van der Waals surface area (Å²) in [5, 5.41) is 5.06. The van der Waals surface area contributed by atoms with Gasteiger partial charge in [-0.25, -0.2) is 0 Å². The number of benzene rings is 1. The third-order valence-corrected chi connectivity index (χ3v) is 3.44. The second kappa shape index (κ2) is 8.70. The van der Waals surface area contributed by atoms with Crippen LogP contribution in [0.5, 0.6) is 5.75 Å². The van der Waals surface area contributed by atoms with Crippen molar-refractivity contribution in [2.24, 2.45) is 11.7 Å². The van der Waals surface area contributed by atoms with Gasteiger partial charge in [0.05, 0.1) is 18.6 Å². The number of hydrogen-bond acceptors (Lipinski definition) is 4. The predicted molar refractivity (Wildman–Crippen MR) is 85.5 cm³/mol. The highest BCUT2D eigenvalue weighted by molar-refractivity contribution is 5.87. The van der Waals surface area contributed by atoms with Gasteiger partial charge in [-0.05, 0) is 30.5 Å². The largest absolute Gasteiger partial charge is 0.573 e. The van der Waals surface area contributed by atoms with E-state index < -0.39 is 30.3 Å². The van der Waals surface area contributed by atoms with E-state index in [1.54, 1.807) is 20.8 Å². The molecule has 2 atom stereocenters. The van der Waals surface area contributed by atoms with Crippen molar-refractivity contribution in [1.29, 1.82) is 0 Å². The molecular weight excluding hydrogens is 339 g/mol. The summed E-state index contributed by atoms with van der Waals surface area (Å²) < 4.78 is 40.1. The summed E-state index contributed by atoms with van der Waals surface area (Å²) in [6.45, 7) is 5.01. The number of carbonyl (C=O) groups excluding carboxylic acids is 2. The molecule has 9 heteroatoms. The lowest BCUT2D eigenvalue weighted by Gasteiger charge is -2.17. The Morgan fingerprint density at radius 3 is 2.20 bits per heavy atom. The molecule has 0 radical (unpaired) electrons. The summed E-state index contributed by atoms with van der Waals surface area (Å²) >= 11 is 0. The second-order valence-corrected chi connectivity index (χ2v) is 5.89. The van der Waals surface area contributed by atoms with Gasteiger partial charge in [0.1, 0.15) is 5.75 Å². The number of carbonyl (C=O) groups is 2. The number of rotatable bonds is 7. The molecule has 0 fully saturated rings. The molecule has 4 N–H and O–H groups in total. The van der Waals surface area contributed by atoms with Crippen LogP contribution in [0.2, 0.25) is 0 Å². The molecule has 0 saturated heterocycles. The number of ether oxygens (including phenoxy) is 1.